The quantitative estimate of drug-likeness (QED) is 0.754. The van der Waals surface area contributed by atoms with Crippen molar-refractivity contribution in [3.05, 3.63) is 35.1 Å². The molecular weight excluding hydrogens is 233 g/mol. The van der Waals surface area contributed by atoms with E-state index in [1.54, 1.807) is 13.0 Å². The molecule has 4 heteroatoms. The average molecular weight is 249 g/mol. The van der Waals surface area contributed by atoms with Crippen molar-refractivity contribution in [2.45, 2.75) is 26.7 Å². The molecule has 96 valence electrons. The summed E-state index contributed by atoms with van der Waals surface area (Å²) in [5.41, 5.74) is 0.567. The van der Waals surface area contributed by atoms with Gasteiger partial charge in [-0.25, -0.2) is 4.39 Å². The maximum atomic E-state index is 13.7. The smallest absolute Gasteiger partial charge is 0.309 e. The molecule has 0 aromatic heterocycles. The van der Waals surface area contributed by atoms with E-state index in [2.05, 4.69) is 0 Å². The molecule has 1 rings (SSSR count). The maximum Gasteiger partial charge on any atom is 0.309 e. The highest BCUT2D eigenvalue weighted by molar-refractivity contribution is 5.73. The molecule has 3 nitrogen and oxygen atoms in total. The highest BCUT2D eigenvalue weighted by Gasteiger charge is 2.21. The van der Waals surface area contributed by atoms with Crippen LogP contribution in [0.1, 0.15) is 31.4 Å². The number of esters is 1. The van der Waals surface area contributed by atoms with E-state index in [1.807, 2.05) is 13.0 Å². The Morgan fingerprint density at radius 3 is 2.78 bits per heavy atom. The second kappa shape index (κ2) is 6.75. The number of nitriles is 1. The minimum atomic E-state index is -0.447. The van der Waals surface area contributed by atoms with E-state index in [4.69, 9.17) is 10.00 Å². The van der Waals surface area contributed by atoms with Crippen LogP contribution in [0.4, 0.5) is 4.39 Å². The maximum absolute atomic E-state index is 13.7. The molecule has 0 aliphatic carbocycles. The standard InChI is InChI=1S/C14H16FNO2/c1-3-10(14(17)18-4-2)8-12-11(9-16)6-5-7-13(12)15/h5-7,10H,3-4,8H2,1-2H3. The SMILES string of the molecule is CCOC(=O)C(CC)Cc1c(F)cccc1C#N. The summed E-state index contributed by atoms with van der Waals surface area (Å²) >= 11 is 0. The Labute approximate surface area is 106 Å². The van der Waals surface area contributed by atoms with Crippen LogP contribution < -0.4 is 0 Å². The molecule has 1 aromatic carbocycles. The monoisotopic (exact) mass is 249 g/mol. The number of rotatable bonds is 5. The second-order valence-electron chi connectivity index (χ2n) is 3.94. The van der Waals surface area contributed by atoms with Gasteiger partial charge in [0, 0.05) is 5.56 Å². The van der Waals surface area contributed by atoms with Crippen molar-refractivity contribution < 1.29 is 13.9 Å². The van der Waals surface area contributed by atoms with E-state index in [1.165, 1.54) is 12.1 Å². The number of hydrogen-bond acceptors (Lipinski definition) is 3. The van der Waals surface area contributed by atoms with Crippen LogP contribution in [0, 0.1) is 23.1 Å². The Balaban J connectivity index is 2.95. The summed E-state index contributed by atoms with van der Waals surface area (Å²) in [6.07, 6.45) is 0.753. The Kier molecular flexibility index (Phi) is 5.31. The predicted molar refractivity (Wildman–Crippen MR) is 65.2 cm³/mol. The minimum Gasteiger partial charge on any atom is -0.466 e. The van der Waals surface area contributed by atoms with Crippen molar-refractivity contribution >= 4 is 5.97 Å². The molecule has 0 aliphatic rings. The number of carbonyl (C=O) groups is 1. The highest BCUT2D eigenvalue weighted by atomic mass is 19.1. The Morgan fingerprint density at radius 1 is 1.50 bits per heavy atom. The molecule has 0 N–H and O–H groups in total. The van der Waals surface area contributed by atoms with Crippen LogP contribution >= 0.6 is 0 Å². The molecule has 0 saturated heterocycles. The van der Waals surface area contributed by atoms with Crippen LogP contribution in [-0.4, -0.2) is 12.6 Å². The van der Waals surface area contributed by atoms with Gasteiger partial charge in [0.1, 0.15) is 5.82 Å². The lowest BCUT2D eigenvalue weighted by atomic mass is 9.93. The summed E-state index contributed by atoms with van der Waals surface area (Å²) in [7, 11) is 0. The van der Waals surface area contributed by atoms with Gasteiger partial charge in [-0.2, -0.15) is 5.26 Å². The van der Waals surface area contributed by atoms with Crippen LogP contribution in [0.25, 0.3) is 0 Å². The topological polar surface area (TPSA) is 50.1 Å². The summed E-state index contributed by atoms with van der Waals surface area (Å²) in [5, 5.41) is 8.94. The number of carbonyl (C=O) groups excluding carboxylic acids is 1. The van der Waals surface area contributed by atoms with Gasteiger partial charge in [-0.3, -0.25) is 4.79 Å². The average Bonchev–Trinajstić information content (AvgIpc) is 2.37. The number of benzene rings is 1. The van der Waals surface area contributed by atoms with E-state index < -0.39 is 11.7 Å². The largest absolute Gasteiger partial charge is 0.466 e. The van der Waals surface area contributed by atoms with E-state index >= 15 is 0 Å². The fourth-order valence-electron chi connectivity index (χ4n) is 1.77. The van der Waals surface area contributed by atoms with Gasteiger partial charge in [-0.1, -0.05) is 13.0 Å². The Bertz CT molecular complexity index is 465. The van der Waals surface area contributed by atoms with Crippen LogP contribution in [0.3, 0.4) is 0 Å². The van der Waals surface area contributed by atoms with Crippen molar-refractivity contribution in [3.63, 3.8) is 0 Å². The first-order chi connectivity index (χ1) is 8.63. The molecular formula is C14H16FNO2. The molecule has 0 spiro atoms. The molecule has 0 amide bonds. The van der Waals surface area contributed by atoms with Gasteiger partial charge in [0.2, 0.25) is 0 Å². The van der Waals surface area contributed by atoms with E-state index in [0.717, 1.165) is 0 Å². The first-order valence-electron chi connectivity index (χ1n) is 5.98. The molecule has 0 fully saturated rings. The van der Waals surface area contributed by atoms with Gasteiger partial charge >= 0.3 is 5.97 Å². The summed E-state index contributed by atoms with van der Waals surface area (Å²) in [6, 6.07) is 6.28. The van der Waals surface area contributed by atoms with E-state index in [0.29, 0.717) is 18.6 Å². The zero-order valence-corrected chi connectivity index (χ0v) is 10.6. The Morgan fingerprint density at radius 2 is 2.22 bits per heavy atom. The third kappa shape index (κ3) is 3.30. The molecule has 0 radical (unpaired) electrons. The first-order valence-corrected chi connectivity index (χ1v) is 5.98. The number of halogens is 1. The fourth-order valence-corrected chi connectivity index (χ4v) is 1.77. The van der Waals surface area contributed by atoms with Gasteiger partial charge in [0.05, 0.1) is 24.2 Å². The van der Waals surface area contributed by atoms with Gasteiger partial charge in [0.15, 0.2) is 0 Å². The lowest BCUT2D eigenvalue weighted by molar-refractivity contribution is -0.148. The van der Waals surface area contributed by atoms with Gasteiger partial charge in [-0.05, 0) is 31.9 Å². The molecule has 1 aromatic rings. The third-order valence-electron chi connectivity index (χ3n) is 2.80. The van der Waals surface area contributed by atoms with Crippen LogP contribution in [0.5, 0.6) is 0 Å². The van der Waals surface area contributed by atoms with Crippen LogP contribution in [0.15, 0.2) is 18.2 Å². The van der Waals surface area contributed by atoms with Crippen LogP contribution in [0.2, 0.25) is 0 Å². The molecule has 18 heavy (non-hydrogen) atoms. The van der Waals surface area contributed by atoms with Gasteiger partial charge in [-0.15, -0.1) is 0 Å². The first kappa shape index (κ1) is 14.2. The number of nitrogens with zero attached hydrogens (tertiary/aromatic N) is 1. The summed E-state index contributed by atoms with van der Waals surface area (Å²) in [6.45, 7) is 3.88. The van der Waals surface area contributed by atoms with Crippen LogP contribution in [-0.2, 0) is 16.0 Å². The van der Waals surface area contributed by atoms with Crippen molar-refractivity contribution in [3.8, 4) is 6.07 Å². The molecule has 0 aliphatic heterocycles. The van der Waals surface area contributed by atoms with Crippen molar-refractivity contribution in [2.75, 3.05) is 6.61 Å². The molecule has 0 bridgehead atoms. The van der Waals surface area contributed by atoms with Crippen molar-refractivity contribution in [1.82, 2.24) is 0 Å². The number of ether oxygens (including phenoxy) is 1. The fraction of sp³-hybridized carbons (Fsp3) is 0.429. The van der Waals surface area contributed by atoms with Crippen molar-refractivity contribution in [1.29, 1.82) is 5.26 Å². The van der Waals surface area contributed by atoms with Crippen molar-refractivity contribution in [2.24, 2.45) is 5.92 Å². The minimum absolute atomic E-state index is 0.199. The lowest BCUT2D eigenvalue weighted by Gasteiger charge is -2.14. The lowest BCUT2D eigenvalue weighted by Crippen LogP contribution is -2.20. The molecule has 0 saturated carbocycles. The highest BCUT2D eigenvalue weighted by Crippen LogP contribution is 2.20. The number of hydrogen-bond donors (Lipinski definition) is 0. The normalized spacial score (nSPS) is 11.7. The van der Waals surface area contributed by atoms with Gasteiger partial charge < -0.3 is 4.74 Å². The zero-order chi connectivity index (χ0) is 13.5. The van der Waals surface area contributed by atoms with E-state index in [9.17, 15) is 9.18 Å². The van der Waals surface area contributed by atoms with E-state index in [-0.39, 0.29) is 18.0 Å². The summed E-state index contributed by atoms with van der Waals surface area (Å²) < 4.78 is 18.6. The molecule has 1 unspecified atom stereocenters. The summed E-state index contributed by atoms with van der Waals surface area (Å²) in [4.78, 5) is 11.7. The Hall–Kier alpha value is -1.89. The predicted octanol–water partition coefficient (Wildman–Crippen LogP) is 2.83. The second-order valence-corrected chi connectivity index (χ2v) is 3.94. The van der Waals surface area contributed by atoms with Gasteiger partial charge in [0.25, 0.3) is 0 Å². The molecule has 1 atom stereocenters. The molecule has 0 heterocycles. The third-order valence-corrected chi connectivity index (χ3v) is 2.80. The zero-order valence-electron chi connectivity index (χ0n) is 10.6. The summed E-state index contributed by atoms with van der Waals surface area (Å²) in [5.74, 6) is -1.20.